The van der Waals surface area contributed by atoms with Crippen molar-refractivity contribution in [2.24, 2.45) is 5.92 Å². The fraction of sp³-hybridized carbons (Fsp3) is 0.588. The second-order valence-corrected chi connectivity index (χ2v) is 6.90. The Balaban J connectivity index is 2.02. The number of nitrogens with one attached hydrogen (secondary N) is 2. The number of carbonyl (C=O) groups excluding carboxylic acids is 2. The van der Waals surface area contributed by atoms with Gasteiger partial charge in [-0.1, -0.05) is 13.8 Å². The Morgan fingerprint density at radius 2 is 2.14 bits per heavy atom. The number of carbonyl (C=O) groups is 2. The van der Waals surface area contributed by atoms with Crippen molar-refractivity contribution in [3.8, 4) is 0 Å². The number of H-pyrrole nitrogens is 1. The fourth-order valence-electron chi connectivity index (χ4n) is 3.10. The summed E-state index contributed by atoms with van der Waals surface area (Å²) < 4.78 is 18.0. The van der Waals surface area contributed by atoms with Gasteiger partial charge in [-0.2, -0.15) is 4.98 Å². The molecule has 0 spiro atoms. The highest BCUT2D eigenvalue weighted by Gasteiger charge is 2.48. The molecule has 1 saturated heterocycles. The lowest BCUT2D eigenvalue weighted by Crippen LogP contribution is -2.38. The first-order valence-corrected chi connectivity index (χ1v) is 9.00. The van der Waals surface area contributed by atoms with Gasteiger partial charge in [0.2, 0.25) is 11.9 Å². The molecule has 1 amide bonds. The van der Waals surface area contributed by atoms with E-state index in [0.29, 0.717) is 0 Å². The molecule has 3 rings (SSSR count). The number of imidazole rings is 1. The Morgan fingerprint density at radius 3 is 2.72 bits per heavy atom. The van der Waals surface area contributed by atoms with Crippen molar-refractivity contribution in [1.29, 1.82) is 0 Å². The molecule has 0 saturated carbocycles. The van der Waals surface area contributed by atoms with E-state index in [-0.39, 0.29) is 28.9 Å². The van der Waals surface area contributed by atoms with E-state index in [1.807, 2.05) is 0 Å². The minimum atomic E-state index is -0.880. The lowest BCUT2D eigenvalue weighted by molar-refractivity contribution is -0.154. The maximum atomic E-state index is 12.4. The Labute approximate surface area is 165 Å². The Kier molecular flexibility index (Phi) is 5.96. The van der Waals surface area contributed by atoms with Gasteiger partial charge in [0.1, 0.15) is 12.2 Å². The molecule has 29 heavy (non-hydrogen) atoms. The van der Waals surface area contributed by atoms with E-state index in [2.05, 4.69) is 20.3 Å². The number of esters is 1. The minimum absolute atomic E-state index is 0.0301. The third-order valence-electron chi connectivity index (χ3n) is 4.51. The molecule has 0 aromatic carbocycles. The van der Waals surface area contributed by atoms with Gasteiger partial charge in [-0.3, -0.25) is 29.3 Å². The summed E-state index contributed by atoms with van der Waals surface area (Å²) in [4.78, 5) is 46.5. The van der Waals surface area contributed by atoms with E-state index in [0.717, 1.165) is 0 Å². The molecule has 1 fully saturated rings. The monoisotopic (exact) mass is 409 g/mol. The Morgan fingerprint density at radius 1 is 1.41 bits per heavy atom. The summed E-state index contributed by atoms with van der Waals surface area (Å²) in [5.74, 6) is -1.22. The number of aliphatic hydroxyl groups excluding tert-OH is 1. The van der Waals surface area contributed by atoms with Crippen molar-refractivity contribution in [3.63, 3.8) is 0 Å². The van der Waals surface area contributed by atoms with Crippen molar-refractivity contribution in [2.45, 2.75) is 45.3 Å². The van der Waals surface area contributed by atoms with Crippen molar-refractivity contribution in [2.75, 3.05) is 19.0 Å². The van der Waals surface area contributed by atoms with Crippen LogP contribution >= 0.6 is 0 Å². The molecule has 3 heterocycles. The number of aliphatic hydroxyl groups is 1. The quantitative estimate of drug-likeness (QED) is 0.537. The van der Waals surface area contributed by atoms with Crippen LogP contribution in [0.15, 0.2) is 11.1 Å². The summed E-state index contributed by atoms with van der Waals surface area (Å²) in [6.07, 6.45) is -2.04. The van der Waals surface area contributed by atoms with Crippen LogP contribution in [-0.2, 0) is 23.8 Å². The topological polar surface area (TPSA) is 158 Å². The summed E-state index contributed by atoms with van der Waals surface area (Å²) in [6.45, 7) is 4.24. The molecule has 0 bridgehead atoms. The van der Waals surface area contributed by atoms with Gasteiger partial charge in [0.25, 0.3) is 5.56 Å². The zero-order valence-corrected chi connectivity index (χ0v) is 16.4. The van der Waals surface area contributed by atoms with Crippen molar-refractivity contribution in [1.82, 2.24) is 19.5 Å². The molecule has 1 aliphatic rings. The minimum Gasteiger partial charge on any atom is -0.457 e. The number of hydrogen-bond acceptors (Lipinski definition) is 9. The summed E-state index contributed by atoms with van der Waals surface area (Å²) in [6, 6.07) is 0. The van der Waals surface area contributed by atoms with Crippen LogP contribution in [-0.4, -0.2) is 68.5 Å². The first-order valence-electron chi connectivity index (χ1n) is 9.00. The molecule has 2 unspecified atom stereocenters. The van der Waals surface area contributed by atoms with Crippen LogP contribution in [0.3, 0.4) is 0 Å². The van der Waals surface area contributed by atoms with Crippen LogP contribution in [0.4, 0.5) is 5.95 Å². The number of aromatic nitrogens is 4. The van der Waals surface area contributed by atoms with E-state index >= 15 is 0 Å². The van der Waals surface area contributed by atoms with E-state index in [1.54, 1.807) is 13.8 Å². The van der Waals surface area contributed by atoms with Gasteiger partial charge >= 0.3 is 5.97 Å². The number of aromatic amines is 1. The van der Waals surface area contributed by atoms with Gasteiger partial charge in [-0.25, -0.2) is 4.98 Å². The van der Waals surface area contributed by atoms with Gasteiger partial charge in [-0.05, 0) is 0 Å². The van der Waals surface area contributed by atoms with E-state index in [9.17, 15) is 19.5 Å². The number of hydrogen-bond donors (Lipinski definition) is 3. The van der Waals surface area contributed by atoms with Gasteiger partial charge in [0.05, 0.1) is 12.9 Å². The number of rotatable bonds is 6. The standard InChI is InChI=1S/C17H23N5O7/c1-7(2)14(25)20-17-19-13-10(15(26)21-17)18-6-22(13)16-12(27-4)11(28-8(3)24)9(5-23)29-16/h6-7,9,11-12,16,23H,5H2,1-4H3,(H2,19,20,21,25,26)/t9-,11?,12?,16-/m1/s1. The van der Waals surface area contributed by atoms with Gasteiger partial charge in [-0.15, -0.1) is 0 Å². The number of amides is 1. The second-order valence-electron chi connectivity index (χ2n) is 6.90. The largest absolute Gasteiger partial charge is 0.457 e. The highest BCUT2D eigenvalue weighted by molar-refractivity contribution is 5.91. The van der Waals surface area contributed by atoms with Crippen LogP contribution < -0.4 is 10.9 Å². The van der Waals surface area contributed by atoms with Crippen LogP contribution in [0, 0.1) is 5.92 Å². The molecule has 12 nitrogen and oxygen atoms in total. The summed E-state index contributed by atoms with van der Waals surface area (Å²) in [7, 11) is 1.41. The van der Waals surface area contributed by atoms with Crippen molar-refractivity contribution in [3.05, 3.63) is 16.7 Å². The van der Waals surface area contributed by atoms with Crippen LogP contribution in [0.2, 0.25) is 0 Å². The lowest BCUT2D eigenvalue weighted by Gasteiger charge is -2.22. The predicted octanol–water partition coefficient (Wildman–Crippen LogP) is -0.449. The first kappa shape index (κ1) is 20.9. The van der Waals surface area contributed by atoms with Crippen LogP contribution in [0.1, 0.15) is 27.0 Å². The van der Waals surface area contributed by atoms with Crippen LogP contribution in [0.5, 0.6) is 0 Å². The summed E-state index contributed by atoms with van der Waals surface area (Å²) >= 11 is 0. The molecule has 12 heteroatoms. The second kappa shape index (κ2) is 8.27. The Bertz CT molecular complexity index is 969. The molecule has 4 atom stereocenters. The lowest BCUT2D eigenvalue weighted by atomic mass is 10.1. The van der Waals surface area contributed by atoms with Crippen molar-refractivity contribution >= 4 is 29.0 Å². The summed E-state index contributed by atoms with van der Waals surface area (Å²) in [5.41, 5.74) is -0.377. The molecule has 2 aromatic heterocycles. The average molecular weight is 409 g/mol. The average Bonchev–Trinajstić information content (AvgIpc) is 3.22. The smallest absolute Gasteiger partial charge is 0.303 e. The maximum Gasteiger partial charge on any atom is 0.303 e. The molecule has 1 aliphatic heterocycles. The highest BCUT2D eigenvalue weighted by Crippen LogP contribution is 2.34. The maximum absolute atomic E-state index is 12.4. The predicted molar refractivity (Wildman–Crippen MR) is 99.0 cm³/mol. The van der Waals surface area contributed by atoms with Gasteiger partial charge in [0, 0.05) is 20.0 Å². The van der Waals surface area contributed by atoms with E-state index in [4.69, 9.17) is 14.2 Å². The first-order chi connectivity index (χ1) is 13.8. The number of ether oxygens (including phenoxy) is 3. The third kappa shape index (κ3) is 3.99. The zero-order valence-electron chi connectivity index (χ0n) is 16.4. The van der Waals surface area contributed by atoms with Crippen LogP contribution in [0.25, 0.3) is 11.2 Å². The van der Waals surface area contributed by atoms with E-state index in [1.165, 1.54) is 24.9 Å². The normalized spacial score (nSPS) is 24.2. The summed E-state index contributed by atoms with van der Waals surface area (Å²) in [5, 5.41) is 12.1. The highest BCUT2D eigenvalue weighted by atomic mass is 16.6. The van der Waals surface area contributed by atoms with Gasteiger partial charge < -0.3 is 19.3 Å². The SMILES string of the molecule is COC1C(OC(C)=O)[C@@H](CO)O[C@H]1n1cnc2c(=O)[nH]c(NC(=O)C(C)C)nc21. The number of methoxy groups -OCH3 is 1. The molecular formula is C17H23N5O7. The number of fused-ring (bicyclic) bond motifs is 1. The van der Waals surface area contributed by atoms with Gasteiger partial charge in [0.15, 0.2) is 23.5 Å². The molecular weight excluding hydrogens is 386 g/mol. The number of anilines is 1. The molecule has 0 aliphatic carbocycles. The molecule has 0 radical (unpaired) electrons. The van der Waals surface area contributed by atoms with E-state index < -0.39 is 42.7 Å². The Hall–Kier alpha value is -2.83. The number of nitrogens with zero attached hydrogens (tertiary/aromatic N) is 3. The fourth-order valence-corrected chi connectivity index (χ4v) is 3.10. The molecule has 158 valence electrons. The molecule has 3 N–H and O–H groups in total. The van der Waals surface area contributed by atoms with Crippen molar-refractivity contribution < 1.29 is 28.9 Å². The third-order valence-corrected chi connectivity index (χ3v) is 4.51. The molecule has 2 aromatic rings. The zero-order chi connectivity index (χ0) is 21.3.